The van der Waals surface area contributed by atoms with Gasteiger partial charge in [-0.1, -0.05) is 12.1 Å². The van der Waals surface area contributed by atoms with Crippen LogP contribution in [0.15, 0.2) is 58.3 Å². The van der Waals surface area contributed by atoms with Crippen LogP contribution in [0.5, 0.6) is 5.75 Å². The lowest BCUT2D eigenvalue weighted by atomic mass is 10.3. The van der Waals surface area contributed by atoms with Crippen molar-refractivity contribution in [3.05, 3.63) is 48.5 Å². The lowest BCUT2D eigenvalue weighted by Gasteiger charge is -2.26. The molecule has 1 saturated heterocycles. The molecule has 0 aromatic heterocycles. The van der Waals surface area contributed by atoms with E-state index in [1.807, 2.05) is 30.5 Å². The van der Waals surface area contributed by atoms with E-state index in [4.69, 9.17) is 9.47 Å². The highest BCUT2D eigenvalue weighted by molar-refractivity contribution is 7.98. The molecule has 1 aliphatic heterocycles. The van der Waals surface area contributed by atoms with E-state index in [0.29, 0.717) is 32.1 Å². The SMILES string of the molecule is CSc1ccccc1NC(=O)COc1ccc(S(=O)(=O)N2CCOCC2)cc1. The van der Waals surface area contributed by atoms with Crippen LogP contribution in [-0.4, -0.2) is 57.8 Å². The number of nitrogens with zero attached hydrogens (tertiary/aromatic N) is 1. The molecule has 150 valence electrons. The molecule has 0 unspecified atom stereocenters. The van der Waals surface area contributed by atoms with Crippen molar-refractivity contribution in [3.63, 3.8) is 0 Å². The second kappa shape index (κ2) is 9.42. The number of anilines is 1. The van der Waals surface area contributed by atoms with Crippen molar-refractivity contribution >= 4 is 33.4 Å². The molecule has 0 saturated carbocycles. The Balaban J connectivity index is 1.57. The van der Waals surface area contributed by atoms with E-state index in [1.165, 1.54) is 16.4 Å². The summed E-state index contributed by atoms with van der Waals surface area (Å²) in [6.07, 6.45) is 1.94. The van der Waals surface area contributed by atoms with Gasteiger partial charge < -0.3 is 14.8 Å². The number of morpholine rings is 1. The molecule has 0 bridgehead atoms. The Morgan fingerprint density at radius 3 is 2.50 bits per heavy atom. The van der Waals surface area contributed by atoms with Gasteiger partial charge in [-0.05, 0) is 42.7 Å². The number of amides is 1. The zero-order valence-corrected chi connectivity index (χ0v) is 17.1. The van der Waals surface area contributed by atoms with Gasteiger partial charge in [0.05, 0.1) is 23.8 Å². The van der Waals surface area contributed by atoms with Crippen LogP contribution in [0.4, 0.5) is 5.69 Å². The Labute approximate surface area is 169 Å². The minimum Gasteiger partial charge on any atom is -0.484 e. The molecule has 28 heavy (non-hydrogen) atoms. The fraction of sp³-hybridized carbons (Fsp3) is 0.316. The van der Waals surface area contributed by atoms with E-state index in [9.17, 15) is 13.2 Å². The zero-order valence-electron chi connectivity index (χ0n) is 15.5. The van der Waals surface area contributed by atoms with Gasteiger partial charge in [-0.3, -0.25) is 4.79 Å². The summed E-state index contributed by atoms with van der Waals surface area (Å²) in [7, 11) is -3.54. The topological polar surface area (TPSA) is 84.9 Å². The predicted molar refractivity (Wildman–Crippen MR) is 108 cm³/mol. The number of benzene rings is 2. The van der Waals surface area contributed by atoms with Gasteiger partial charge in [0.1, 0.15) is 5.75 Å². The molecule has 3 rings (SSSR count). The summed E-state index contributed by atoms with van der Waals surface area (Å²) in [6.45, 7) is 1.32. The van der Waals surface area contributed by atoms with Crippen LogP contribution in [-0.2, 0) is 19.6 Å². The Morgan fingerprint density at radius 2 is 1.82 bits per heavy atom. The maximum atomic E-state index is 12.6. The first kappa shape index (κ1) is 20.7. The normalized spacial score (nSPS) is 15.2. The molecule has 1 aliphatic rings. The van der Waals surface area contributed by atoms with Crippen LogP contribution < -0.4 is 10.1 Å². The van der Waals surface area contributed by atoms with Crippen LogP contribution in [0.25, 0.3) is 0 Å². The molecule has 1 amide bonds. The molecule has 0 aliphatic carbocycles. The van der Waals surface area contributed by atoms with Crippen molar-refractivity contribution in [1.82, 2.24) is 4.31 Å². The van der Waals surface area contributed by atoms with Crippen molar-refractivity contribution in [2.75, 3.05) is 44.5 Å². The fourth-order valence-corrected chi connectivity index (χ4v) is 4.69. The van der Waals surface area contributed by atoms with E-state index < -0.39 is 10.0 Å². The molecule has 9 heteroatoms. The van der Waals surface area contributed by atoms with Crippen molar-refractivity contribution in [1.29, 1.82) is 0 Å². The quantitative estimate of drug-likeness (QED) is 0.690. The lowest BCUT2D eigenvalue weighted by molar-refractivity contribution is -0.118. The molecule has 1 N–H and O–H groups in total. The minimum absolute atomic E-state index is 0.168. The van der Waals surface area contributed by atoms with Crippen LogP contribution in [0.2, 0.25) is 0 Å². The van der Waals surface area contributed by atoms with Gasteiger partial charge in [-0.25, -0.2) is 8.42 Å². The minimum atomic E-state index is -3.54. The Morgan fingerprint density at radius 1 is 1.14 bits per heavy atom. The van der Waals surface area contributed by atoms with Gasteiger partial charge in [0.25, 0.3) is 5.91 Å². The number of hydrogen-bond acceptors (Lipinski definition) is 6. The number of ether oxygens (including phenoxy) is 2. The van der Waals surface area contributed by atoms with Crippen LogP contribution >= 0.6 is 11.8 Å². The molecule has 0 spiro atoms. The average Bonchev–Trinajstić information content (AvgIpc) is 2.73. The first-order chi connectivity index (χ1) is 13.5. The average molecular weight is 423 g/mol. The first-order valence-corrected chi connectivity index (χ1v) is 11.4. The van der Waals surface area contributed by atoms with Crippen molar-refractivity contribution < 1.29 is 22.7 Å². The van der Waals surface area contributed by atoms with Crippen LogP contribution in [0.1, 0.15) is 0 Å². The number of sulfonamides is 1. The van der Waals surface area contributed by atoms with E-state index in [1.54, 1.807) is 23.9 Å². The molecular formula is C19H22N2O5S2. The van der Waals surface area contributed by atoms with Gasteiger partial charge in [-0.15, -0.1) is 11.8 Å². The van der Waals surface area contributed by atoms with Crippen molar-refractivity contribution in [3.8, 4) is 5.75 Å². The van der Waals surface area contributed by atoms with Gasteiger partial charge in [-0.2, -0.15) is 4.31 Å². The van der Waals surface area contributed by atoms with Gasteiger partial charge in [0.15, 0.2) is 6.61 Å². The summed E-state index contributed by atoms with van der Waals surface area (Å²) in [6, 6.07) is 13.6. The highest BCUT2D eigenvalue weighted by Gasteiger charge is 2.26. The summed E-state index contributed by atoms with van der Waals surface area (Å²) in [5.74, 6) is 0.140. The second-order valence-corrected chi connectivity index (χ2v) is 8.81. The fourth-order valence-electron chi connectivity index (χ4n) is 2.73. The number of carbonyl (C=O) groups excluding carboxylic acids is 1. The van der Waals surface area contributed by atoms with Gasteiger partial charge >= 0.3 is 0 Å². The molecule has 2 aromatic rings. The number of para-hydroxylation sites is 1. The van der Waals surface area contributed by atoms with E-state index in [-0.39, 0.29) is 17.4 Å². The Kier molecular flexibility index (Phi) is 6.95. The third-order valence-corrected chi connectivity index (χ3v) is 6.89. The summed E-state index contributed by atoms with van der Waals surface area (Å²) in [5.41, 5.74) is 0.732. The summed E-state index contributed by atoms with van der Waals surface area (Å²) >= 11 is 1.54. The smallest absolute Gasteiger partial charge is 0.262 e. The molecule has 2 aromatic carbocycles. The standard InChI is InChI=1S/C19H22N2O5S2/c1-27-18-5-3-2-4-17(18)20-19(22)14-26-15-6-8-16(9-7-15)28(23,24)21-10-12-25-13-11-21/h2-9H,10-14H2,1H3,(H,20,22). The Hall–Kier alpha value is -2.07. The first-order valence-electron chi connectivity index (χ1n) is 8.74. The Bertz CT molecular complexity index is 910. The molecule has 0 radical (unpaired) electrons. The van der Waals surface area contributed by atoms with E-state index in [2.05, 4.69) is 5.32 Å². The lowest BCUT2D eigenvalue weighted by Crippen LogP contribution is -2.40. The molecule has 1 heterocycles. The third kappa shape index (κ3) is 5.05. The van der Waals surface area contributed by atoms with Crippen molar-refractivity contribution in [2.45, 2.75) is 9.79 Å². The number of rotatable bonds is 7. The summed E-state index contributed by atoms with van der Waals surface area (Å²) in [4.78, 5) is 13.3. The zero-order chi connectivity index (χ0) is 20.0. The summed E-state index contributed by atoms with van der Waals surface area (Å²) < 4.78 is 37.3. The van der Waals surface area contributed by atoms with Gasteiger partial charge in [0, 0.05) is 18.0 Å². The maximum absolute atomic E-state index is 12.6. The second-order valence-electron chi connectivity index (χ2n) is 6.02. The highest BCUT2D eigenvalue weighted by Crippen LogP contribution is 2.24. The maximum Gasteiger partial charge on any atom is 0.262 e. The van der Waals surface area contributed by atoms with E-state index >= 15 is 0 Å². The van der Waals surface area contributed by atoms with Crippen molar-refractivity contribution in [2.24, 2.45) is 0 Å². The third-order valence-electron chi connectivity index (χ3n) is 4.18. The number of nitrogens with one attached hydrogen (secondary N) is 1. The van der Waals surface area contributed by atoms with Crippen LogP contribution in [0, 0.1) is 0 Å². The predicted octanol–water partition coefficient (Wildman–Crippen LogP) is 2.45. The molecule has 0 atom stereocenters. The highest BCUT2D eigenvalue weighted by atomic mass is 32.2. The molecular weight excluding hydrogens is 400 g/mol. The molecule has 7 nitrogen and oxygen atoms in total. The largest absolute Gasteiger partial charge is 0.484 e. The van der Waals surface area contributed by atoms with Gasteiger partial charge in [0.2, 0.25) is 10.0 Å². The summed E-state index contributed by atoms with van der Waals surface area (Å²) in [5, 5.41) is 2.81. The number of hydrogen-bond donors (Lipinski definition) is 1. The number of thioether (sulfide) groups is 1. The van der Waals surface area contributed by atoms with Crippen LogP contribution in [0.3, 0.4) is 0 Å². The monoisotopic (exact) mass is 422 g/mol. The number of carbonyl (C=O) groups is 1. The van der Waals surface area contributed by atoms with E-state index in [0.717, 1.165) is 10.6 Å². The molecule has 1 fully saturated rings.